The molecule has 0 aliphatic carbocycles. The fourth-order valence-electron chi connectivity index (χ4n) is 2.33. The van der Waals surface area contributed by atoms with Gasteiger partial charge in [-0.15, -0.1) is 0 Å². The topological polar surface area (TPSA) is 73.9 Å². The summed E-state index contributed by atoms with van der Waals surface area (Å²) in [6.45, 7) is 1.46. The maximum atomic E-state index is 12.1. The number of hydrogen-bond donors (Lipinski definition) is 1. The average Bonchev–Trinajstić information content (AvgIpc) is 2.66. The number of methoxy groups -OCH3 is 2. The SMILES string of the molecule is COc1ccc(OC)c([C@@H](C)NC(=O)COC(=O)c2ccccc2)c1. The lowest BCUT2D eigenvalue weighted by molar-refractivity contribution is -0.124. The van der Waals surface area contributed by atoms with E-state index in [1.54, 1.807) is 62.8 Å². The highest BCUT2D eigenvalue weighted by Crippen LogP contribution is 2.29. The van der Waals surface area contributed by atoms with E-state index in [2.05, 4.69) is 5.32 Å². The number of amides is 1. The van der Waals surface area contributed by atoms with Crippen LogP contribution in [0.2, 0.25) is 0 Å². The molecule has 2 rings (SSSR count). The van der Waals surface area contributed by atoms with Crippen LogP contribution in [-0.4, -0.2) is 32.7 Å². The molecule has 0 aromatic heterocycles. The molecule has 0 aliphatic heterocycles. The molecule has 0 spiro atoms. The van der Waals surface area contributed by atoms with E-state index in [-0.39, 0.29) is 12.6 Å². The lowest BCUT2D eigenvalue weighted by atomic mass is 10.1. The third-order valence-electron chi connectivity index (χ3n) is 3.62. The molecule has 6 nitrogen and oxygen atoms in total. The van der Waals surface area contributed by atoms with E-state index >= 15 is 0 Å². The summed E-state index contributed by atoms with van der Waals surface area (Å²) >= 11 is 0. The lowest BCUT2D eigenvalue weighted by Crippen LogP contribution is -2.31. The van der Waals surface area contributed by atoms with Gasteiger partial charge in [0.15, 0.2) is 6.61 Å². The second kappa shape index (κ2) is 8.73. The van der Waals surface area contributed by atoms with Crippen LogP contribution in [0.1, 0.15) is 28.9 Å². The molecule has 25 heavy (non-hydrogen) atoms. The molecule has 0 saturated heterocycles. The van der Waals surface area contributed by atoms with Crippen molar-refractivity contribution in [2.45, 2.75) is 13.0 Å². The number of nitrogens with one attached hydrogen (secondary N) is 1. The van der Waals surface area contributed by atoms with Crippen molar-refractivity contribution in [2.75, 3.05) is 20.8 Å². The van der Waals surface area contributed by atoms with Crippen LogP contribution in [0.4, 0.5) is 0 Å². The molecular weight excluding hydrogens is 322 g/mol. The summed E-state index contributed by atoms with van der Waals surface area (Å²) in [6, 6.07) is 13.5. The number of carbonyl (C=O) groups is 2. The van der Waals surface area contributed by atoms with Crippen molar-refractivity contribution in [1.29, 1.82) is 0 Å². The molecule has 2 aromatic rings. The minimum absolute atomic E-state index is 0.340. The van der Waals surface area contributed by atoms with Crippen LogP contribution in [0.25, 0.3) is 0 Å². The van der Waals surface area contributed by atoms with Gasteiger partial charge in [0.05, 0.1) is 25.8 Å². The van der Waals surface area contributed by atoms with Crippen LogP contribution in [0.15, 0.2) is 48.5 Å². The zero-order valence-corrected chi connectivity index (χ0v) is 14.4. The fourth-order valence-corrected chi connectivity index (χ4v) is 2.33. The van der Waals surface area contributed by atoms with Crippen LogP contribution >= 0.6 is 0 Å². The monoisotopic (exact) mass is 343 g/mol. The normalized spacial score (nSPS) is 11.3. The number of hydrogen-bond acceptors (Lipinski definition) is 5. The summed E-state index contributed by atoms with van der Waals surface area (Å²) in [7, 11) is 3.12. The summed E-state index contributed by atoms with van der Waals surface area (Å²) in [6.07, 6.45) is 0. The summed E-state index contributed by atoms with van der Waals surface area (Å²) in [5.74, 6) is 0.353. The van der Waals surface area contributed by atoms with E-state index in [9.17, 15) is 9.59 Å². The highest BCUT2D eigenvalue weighted by molar-refractivity contribution is 5.91. The highest BCUT2D eigenvalue weighted by Gasteiger charge is 2.16. The van der Waals surface area contributed by atoms with Crippen LogP contribution in [0.3, 0.4) is 0 Å². The second-order valence-electron chi connectivity index (χ2n) is 5.34. The first-order valence-corrected chi connectivity index (χ1v) is 7.78. The van der Waals surface area contributed by atoms with Crippen molar-refractivity contribution >= 4 is 11.9 Å². The zero-order chi connectivity index (χ0) is 18.2. The Morgan fingerprint density at radius 3 is 2.40 bits per heavy atom. The third-order valence-corrected chi connectivity index (χ3v) is 3.62. The number of rotatable bonds is 7. The maximum absolute atomic E-state index is 12.1. The molecule has 0 aliphatic rings. The first-order chi connectivity index (χ1) is 12.0. The van der Waals surface area contributed by atoms with E-state index in [4.69, 9.17) is 14.2 Å². The third kappa shape index (κ3) is 4.97. The molecule has 6 heteroatoms. The highest BCUT2D eigenvalue weighted by atomic mass is 16.5. The standard InChI is InChI=1S/C19H21NO5/c1-13(16-11-15(23-2)9-10-17(16)24-3)20-18(21)12-25-19(22)14-7-5-4-6-8-14/h4-11,13H,12H2,1-3H3,(H,20,21)/t13-/m1/s1. The van der Waals surface area contributed by atoms with E-state index in [0.717, 1.165) is 5.56 Å². The fraction of sp³-hybridized carbons (Fsp3) is 0.263. The summed E-state index contributed by atoms with van der Waals surface area (Å²) in [5.41, 5.74) is 1.17. The smallest absolute Gasteiger partial charge is 0.338 e. The largest absolute Gasteiger partial charge is 0.497 e. The Hall–Kier alpha value is -3.02. The first kappa shape index (κ1) is 18.3. The summed E-state index contributed by atoms with van der Waals surface area (Å²) in [4.78, 5) is 23.9. The number of carbonyl (C=O) groups excluding carboxylic acids is 2. The Kier molecular flexibility index (Phi) is 6.39. The molecule has 1 amide bonds. The average molecular weight is 343 g/mol. The Balaban J connectivity index is 1.95. The van der Waals surface area contributed by atoms with Gasteiger partial charge in [-0.3, -0.25) is 4.79 Å². The Bertz CT molecular complexity index is 730. The molecule has 1 atom stereocenters. The lowest BCUT2D eigenvalue weighted by Gasteiger charge is -2.18. The van der Waals surface area contributed by atoms with Gasteiger partial charge < -0.3 is 19.5 Å². The van der Waals surface area contributed by atoms with E-state index in [1.807, 2.05) is 6.92 Å². The number of ether oxygens (including phenoxy) is 3. The van der Waals surface area contributed by atoms with E-state index in [0.29, 0.717) is 17.1 Å². The minimum atomic E-state index is -0.539. The molecule has 2 aromatic carbocycles. The minimum Gasteiger partial charge on any atom is -0.497 e. The predicted molar refractivity (Wildman–Crippen MR) is 92.8 cm³/mol. The van der Waals surface area contributed by atoms with Gasteiger partial charge in [0.2, 0.25) is 0 Å². The van der Waals surface area contributed by atoms with Crippen LogP contribution < -0.4 is 14.8 Å². The van der Waals surface area contributed by atoms with Crippen molar-refractivity contribution in [2.24, 2.45) is 0 Å². The van der Waals surface area contributed by atoms with Gasteiger partial charge in [-0.2, -0.15) is 0 Å². The Morgan fingerprint density at radius 1 is 1.04 bits per heavy atom. The predicted octanol–water partition coefficient (Wildman–Crippen LogP) is 2.74. The van der Waals surface area contributed by atoms with Gasteiger partial charge in [-0.25, -0.2) is 4.79 Å². The van der Waals surface area contributed by atoms with Crippen molar-refractivity contribution < 1.29 is 23.8 Å². The Morgan fingerprint density at radius 2 is 1.76 bits per heavy atom. The van der Waals surface area contributed by atoms with Gasteiger partial charge in [-0.1, -0.05) is 18.2 Å². The van der Waals surface area contributed by atoms with Gasteiger partial charge >= 0.3 is 5.97 Å². The molecule has 1 N–H and O–H groups in total. The molecule has 0 fully saturated rings. The number of esters is 1. The molecule has 0 bridgehead atoms. The van der Waals surface area contributed by atoms with Crippen molar-refractivity contribution in [3.63, 3.8) is 0 Å². The quantitative estimate of drug-likeness (QED) is 0.783. The van der Waals surface area contributed by atoms with Gasteiger partial charge in [0.25, 0.3) is 5.91 Å². The number of benzene rings is 2. The van der Waals surface area contributed by atoms with Gasteiger partial charge in [0.1, 0.15) is 11.5 Å². The molecule has 0 unspecified atom stereocenters. The van der Waals surface area contributed by atoms with Crippen LogP contribution in [0, 0.1) is 0 Å². The second-order valence-corrected chi connectivity index (χ2v) is 5.34. The van der Waals surface area contributed by atoms with E-state index < -0.39 is 11.9 Å². The van der Waals surface area contributed by atoms with Crippen molar-refractivity contribution in [3.8, 4) is 11.5 Å². The van der Waals surface area contributed by atoms with Crippen LogP contribution in [0.5, 0.6) is 11.5 Å². The molecular formula is C19H21NO5. The summed E-state index contributed by atoms with van der Waals surface area (Å²) < 4.78 is 15.5. The molecule has 0 radical (unpaired) electrons. The molecule has 0 heterocycles. The van der Waals surface area contributed by atoms with Gasteiger partial charge in [0, 0.05) is 5.56 Å². The van der Waals surface area contributed by atoms with Crippen molar-refractivity contribution in [3.05, 3.63) is 59.7 Å². The zero-order valence-electron chi connectivity index (χ0n) is 14.4. The molecule has 0 saturated carbocycles. The first-order valence-electron chi connectivity index (χ1n) is 7.78. The van der Waals surface area contributed by atoms with Crippen molar-refractivity contribution in [1.82, 2.24) is 5.32 Å². The van der Waals surface area contributed by atoms with Crippen LogP contribution in [-0.2, 0) is 9.53 Å². The maximum Gasteiger partial charge on any atom is 0.338 e. The Labute approximate surface area is 146 Å². The molecule has 132 valence electrons. The summed E-state index contributed by atoms with van der Waals surface area (Å²) in [5, 5.41) is 2.78. The van der Waals surface area contributed by atoms with Gasteiger partial charge in [-0.05, 0) is 37.3 Å². The van der Waals surface area contributed by atoms with E-state index in [1.165, 1.54) is 0 Å².